The predicted molar refractivity (Wildman–Crippen MR) is 45.8 cm³/mol. The number of allylic oxidation sites excluding steroid dienone is 2. The number of carbonyl (C=O) groups is 1. The number of methoxy groups -OCH3 is 1. The Morgan fingerprint density at radius 2 is 2.00 bits per heavy atom. The fourth-order valence-electron chi connectivity index (χ4n) is 1.43. The number of esters is 1. The molecule has 0 aromatic carbocycles. The standard InChI is InChI=1S/C9H14O4/c1-11-8(10)9(7-13-12-2)5-3-4-6-9/h3-4H,5-7H2,1-2H3. The highest BCUT2D eigenvalue weighted by Gasteiger charge is 2.40. The summed E-state index contributed by atoms with van der Waals surface area (Å²) in [4.78, 5) is 20.7. The van der Waals surface area contributed by atoms with E-state index in [1.54, 1.807) is 0 Å². The molecule has 0 fully saturated rings. The smallest absolute Gasteiger partial charge is 0.314 e. The first-order chi connectivity index (χ1) is 6.25. The van der Waals surface area contributed by atoms with Crippen LogP contribution in [0.1, 0.15) is 12.8 Å². The second kappa shape index (κ2) is 4.39. The van der Waals surface area contributed by atoms with E-state index in [2.05, 4.69) is 4.89 Å². The summed E-state index contributed by atoms with van der Waals surface area (Å²) in [6.45, 7) is 0.239. The van der Waals surface area contributed by atoms with Gasteiger partial charge in [-0.15, -0.1) is 0 Å². The number of carbonyl (C=O) groups excluding carboxylic acids is 1. The second-order valence-corrected chi connectivity index (χ2v) is 3.08. The van der Waals surface area contributed by atoms with Crippen LogP contribution in [0, 0.1) is 5.41 Å². The number of rotatable bonds is 4. The minimum Gasteiger partial charge on any atom is -0.469 e. The van der Waals surface area contributed by atoms with Gasteiger partial charge in [0.05, 0.1) is 20.8 Å². The molecule has 0 atom stereocenters. The van der Waals surface area contributed by atoms with Crippen molar-refractivity contribution >= 4 is 5.97 Å². The summed E-state index contributed by atoms with van der Waals surface area (Å²) in [5.41, 5.74) is -0.565. The van der Waals surface area contributed by atoms with Gasteiger partial charge in [-0.25, -0.2) is 9.78 Å². The summed E-state index contributed by atoms with van der Waals surface area (Å²) in [5.74, 6) is -0.241. The Bertz CT molecular complexity index is 202. The van der Waals surface area contributed by atoms with Crippen molar-refractivity contribution in [3.63, 3.8) is 0 Å². The van der Waals surface area contributed by atoms with Crippen LogP contribution < -0.4 is 0 Å². The van der Waals surface area contributed by atoms with Crippen molar-refractivity contribution in [2.75, 3.05) is 20.8 Å². The molecule has 1 aliphatic rings. The lowest BCUT2D eigenvalue weighted by molar-refractivity contribution is -0.288. The Kier molecular flexibility index (Phi) is 3.45. The van der Waals surface area contributed by atoms with Crippen LogP contribution in [-0.4, -0.2) is 26.8 Å². The third-order valence-corrected chi connectivity index (χ3v) is 2.26. The maximum absolute atomic E-state index is 11.4. The van der Waals surface area contributed by atoms with Gasteiger partial charge in [-0.2, -0.15) is 0 Å². The van der Waals surface area contributed by atoms with Crippen LogP contribution in [0.5, 0.6) is 0 Å². The van der Waals surface area contributed by atoms with Crippen molar-refractivity contribution < 1.29 is 19.3 Å². The average molecular weight is 186 g/mol. The molecule has 0 saturated carbocycles. The predicted octanol–water partition coefficient (Wildman–Crippen LogP) is 1.07. The van der Waals surface area contributed by atoms with Gasteiger partial charge in [0.15, 0.2) is 0 Å². The second-order valence-electron chi connectivity index (χ2n) is 3.08. The molecule has 0 heterocycles. The highest BCUT2D eigenvalue weighted by Crippen LogP contribution is 2.34. The molecular formula is C9H14O4. The van der Waals surface area contributed by atoms with Crippen LogP contribution >= 0.6 is 0 Å². The Hall–Kier alpha value is -0.870. The first kappa shape index (κ1) is 10.2. The summed E-state index contributed by atoms with van der Waals surface area (Å²) < 4.78 is 4.72. The van der Waals surface area contributed by atoms with Crippen LogP contribution in [0.2, 0.25) is 0 Å². The lowest BCUT2D eigenvalue weighted by atomic mass is 9.86. The topological polar surface area (TPSA) is 44.8 Å². The van der Waals surface area contributed by atoms with Gasteiger partial charge in [0.25, 0.3) is 0 Å². The molecule has 0 spiro atoms. The molecule has 0 aliphatic heterocycles. The molecule has 0 aromatic rings. The maximum atomic E-state index is 11.4. The monoisotopic (exact) mass is 186 g/mol. The SMILES string of the molecule is COOCC1(C(=O)OC)CC=CC1. The lowest BCUT2D eigenvalue weighted by Gasteiger charge is -2.24. The number of hydrogen-bond acceptors (Lipinski definition) is 4. The van der Waals surface area contributed by atoms with E-state index < -0.39 is 5.41 Å². The van der Waals surface area contributed by atoms with Crippen molar-refractivity contribution in [1.82, 2.24) is 0 Å². The van der Waals surface area contributed by atoms with Gasteiger partial charge >= 0.3 is 5.97 Å². The summed E-state index contributed by atoms with van der Waals surface area (Å²) in [5, 5.41) is 0. The Labute approximate surface area is 77.4 Å². The molecule has 13 heavy (non-hydrogen) atoms. The van der Waals surface area contributed by atoms with E-state index in [4.69, 9.17) is 9.62 Å². The van der Waals surface area contributed by atoms with Crippen LogP contribution in [0.15, 0.2) is 12.2 Å². The lowest BCUT2D eigenvalue weighted by Crippen LogP contribution is -2.34. The molecule has 4 heteroatoms. The highest BCUT2D eigenvalue weighted by molar-refractivity contribution is 5.78. The van der Waals surface area contributed by atoms with Gasteiger partial charge in [-0.05, 0) is 12.8 Å². The van der Waals surface area contributed by atoms with Gasteiger partial charge in [-0.1, -0.05) is 12.2 Å². The molecular weight excluding hydrogens is 172 g/mol. The summed E-state index contributed by atoms with van der Waals surface area (Å²) >= 11 is 0. The Morgan fingerprint density at radius 3 is 2.46 bits per heavy atom. The fourth-order valence-corrected chi connectivity index (χ4v) is 1.43. The minimum atomic E-state index is -0.565. The quantitative estimate of drug-likeness (QED) is 0.285. The van der Waals surface area contributed by atoms with Gasteiger partial charge in [0.2, 0.25) is 0 Å². The summed E-state index contributed by atoms with van der Waals surface area (Å²) in [7, 11) is 2.81. The van der Waals surface area contributed by atoms with E-state index in [0.717, 1.165) is 0 Å². The molecule has 0 bridgehead atoms. The van der Waals surface area contributed by atoms with Crippen molar-refractivity contribution in [2.24, 2.45) is 5.41 Å². The normalized spacial score (nSPS) is 18.9. The highest BCUT2D eigenvalue weighted by atomic mass is 17.2. The molecule has 1 rings (SSSR count). The molecule has 4 nitrogen and oxygen atoms in total. The molecule has 0 unspecified atom stereocenters. The molecule has 0 aromatic heterocycles. The number of hydrogen-bond donors (Lipinski definition) is 0. The molecule has 0 N–H and O–H groups in total. The molecule has 74 valence electrons. The van der Waals surface area contributed by atoms with E-state index >= 15 is 0 Å². The Balaban J connectivity index is 2.59. The number of ether oxygens (including phenoxy) is 1. The molecule has 0 saturated heterocycles. The van der Waals surface area contributed by atoms with E-state index in [0.29, 0.717) is 12.8 Å². The van der Waals surface area contributed by atoms with Gasteiger partial charge in [0, 0.05) is 0 Å². The minimum absolute atomic E-state index is 0.239. The largest absolute Gasteiger partial charge is 0.469 e. The third-order valence-electron chi connectivity index (χ3n) is 2.26. The van der Waals surface area contributed by atoms with Crippen molar-refractivity contribution in [1.29, 1.82) is 0 Å². The van der Waals surface area contributed by atoms with E-state index in [1.165, 1.54) is 14.2 Å². The summed E-state index contributed by atoms with van der Waals surface area (Å²) in [6, 6.07) is 0. The fraction of sp³-hybridized carbons (Fsp3) is 0.667. The van der Waals surface area contributed by atoms with Crippen molar-refractivity contribution in [3.05, 3.63) is 12.2 Å². The zero-order valence-electron chi connectivity index (χ0n) is 7.91. The summed E-state index contributed by atoms with van der Waals surface area (Å²) in [6.07, 6.45) is 5.22. The van der Waals surface area contributed by atoms with Crippen LogP contribution in [0.4, 0.5) is 0 Å². The molecule has 0 radical (unpaired) electrons. The van der Waals surface area contributed by atoms with Gasteiger partial charge in [0.1, 0.15) is 5.41 Å². The zero-order valence-corrected chi connectivity index (χ0v) is 7.91. The van der Waals surface area contributed by atoms with Gasteiger partial charge < -0.3 is 4.74 Å². The van der Waals surface area contributed by atoms with E-state index in [1.807, 2.05) is 12.2 Å². The molecule has 1 aliphatic carbocycles. The van der Waals surface area contributed by atoms with Crippen molar-refractivity contribution in [3.8, 4) is 0 Å². The third kappa shape index (κ3) is 2.08. The first-order valence-electron chi connectivity index (χ1n) is 4.14. The van der Waals surface area contributed by atoms with Crippen LogP contribution in [0.25, 0.3) is 0 Å². The zero-order chi connectivity index (χ0) is 9.73. The molecule has 0 amide bonds. The Morgan fingerprint density at radius 1 is 1.38 bits per heavy atom. The first-order valence-corrected chi connectivity index (χ1v) is 4.14. The van der Waals surface area contributed by atoms with E-state index in [-0.39, 0.29) is 12.6 Å². The maximum Gasteiger partial charge on any atom is 0.314 e. The van der Waals surface area contributed by atoms with Crippen LogP contribution in [0.3, 0.4) is 0 Å². The van der Waals surface area contributed by atoms with Gasteiger partial charge in [-0.3, -0.25) is 4.79 Å². The average Bonchev–Trinajstić information content (AvgIpc) is 2.63. The van der Waals surface area contributed by atoms with Crippen molar-refractivity contribution in [2.45, 2.75) is 12.8 Å². The van der Waals surface area contributed by atoms with E-state index in [9.17, 15) is 4.79 Å². The van der Waals surface area contributed by atoms with Crippen LogP contribution in [-0.2, 0) is 19.3 Å².